The van der Waals surface area contributed by atoms with E-state index in [0.717, 1.165) is 83.5 Å². The lowest BCUT2D eigenvalue weighted by atomic mass is 10.0. The number of nitrogens with one attached hydrogen (secondary N) is 1. The van der Waals surface area contributed by atoms with E-state index in [0.29, 0.717) is 12.8 Å². The molecule has 0 rings (SSSR count). The first-order chi connectivity index (χ1) is 31.7. The van der Waals surface area contributed by atoms with E-state index >= 15 is 0 Å². The Balaban J connectivity index is 3.59. The average molecular weight is 886 g/mol. The first-order valence-corrected chi connectivity index (χ1v) is 27.1. The summed E-state index contributed by atoms with van der Waals surface area (Å²) in [6.07, 6.45) is 82.0. The molecule has 3 N–H and O–H groups in total. The molecule has 0 aromatic rings. The highest BCUT2D eigenvalue weighted by Crippen LogP contribution is 2.16. The van der Waals surface area contributed by atoms with E-state index in [9.17, 15) is 15.0 Å². The van der Waals surface area contributed by atoms with Crippen LogP contribution in [0.15, 0.2) is 109 Å². The Bertz CT molecular complexity index is 1230. The number of carbonyl (C=O) groups is 1. The van der Waals surface area contributed by atoms with Gasteiger partial charge in [-0.05, 0) is 83.5 Å². The maximum Gasteiger partial charge on any atom is 0.220 e. The Morgan fingerprint density at radius 2 is 0.688 bits per heavy atom. The van der Waals surface area contributed by atoms with E-state index in [2.05, 4.69) is 129 Å². The van der Waals surface area contributed by atoms with Crippen LogP contribution in [-0.4, -0.2) is 34.9 Å². The van der Waals surface area contributed by atoms with Crippen LogP contribution in [0.4, 0.5) is 0 Å². The van der Waals surface area contributed by atoms with E-state index < -0.39 is 12.1 Å². The Morgan fingerprint density at radius 1 is 0.391 bits per heavy atom. The molecule has 0 fully saturated rings. The second-order valence-electron chi connectivity index (χ2n) is 17.9. The predicted octanol–water partition coefficient (Wildman–Crippen LogP) is 17.9. The second-order valence-corrected chi connectivity index (χ2v) is 17.9. The van der Waals surface area contributed by atoms with Crippen LogP contribution in [0.1, 0.15) is 245 Å². The number of unbranched alkanes of at least 4 members (excludes halogenated alkanes) is 23. The summed E-state index contributed by atoms with van der Waals surface area (Å²) < 4.78 is 0. The molecule has 0 aromatic heterocycles. The molecule has 4 heteroatoms. The summed E-state index contributed by atoms with van der Waals surface area (Å²) in [6, 6.07) is -0.546. The maximum absolute atomic E-state index is 12.5. The molecule has 0 radical (unpaired) electrons. The van der Waals surface area contributed by atoms with Gasteiger partial charge in [0.1, 0.15) is 0 Å². The van der Waals surface area contributed by atoms with Crippen molar-refractivity contribution in [2.45, 2.75) is 257 Å². The highest BCUT2D eigenvalue weighted by molar-refractivity contribution is 5.76. The van der Waals surface area contributed by atoms with Crippen molar-refractivity contribution < 1.29 is 15.0 Å². The second kappa shape index (κ2) is 54.4. The Labute approximate surface area is 397 Å². The molecular formula is C60H103NO3. The minimum absolute atomic E-state index is 0.0415. The van der Waals surface area contributed by atoms with Gasteiger partial charge in [-0.1, -0.05) is 264 Å². The molecule has 4 nitrogen and oxygen atoms in total. The smallest absolute Gasteiger partial charge is 0.220 e. The summed E-state index contributed by atoms with van der Waals surface area (Å²) >= 11 is 0. The Kier molecular flexibility index (Phi) is 51.9. The van der Waals surface area contributed by atoms with Crippen LogP contribution >= 0.6 is 0 Å². The molecule has 366 valence electrons. The average Bonchev–Trinajstić information content (AvgIpc) is 3.30. The standard InChI is InChI=1S/C60H103NO3/c1-3-5-7-9-11-13-15-17-19-20-21-22-23-24-25-26-27-28-29-30-31-32-33-34-35-36-37-38-39-40-42-44-46-48-50-52-54-56-60(64)61-58(57-62)59(63)55-53-51-49-47-45-43-41-18-16-14-12-10-8-6-4-2/h5,7,11,13,17,19,21-22,24-25,27-28,30-31,33-34,36-37,58-59,62-63H,3-4,6,8-10,12,14-16,18,20,23,26,29,32,35,38-57H2,1-2H3,(H,61,64)/b7-5-,13-11-,19-17-,22-21-,25-24-,28-27-,31-30-,34-33-,37-36-. The molecule has 0 bridgehead atoms. The number of aliphatic hydroxyl groups is 2. The summed E-state index contributed by atoms with van der Waals surface area (Å²) in [6.45, 7) is 4.24. The van der Waals surface area contributed by atoms with Crippen molar-refractivity contribution in [1.82, 2.24) is 5.32 Å². The van der Waals surface area contributed by atoms with E-state index in [1.165, 1.54) is 135 Å². The van der Waals surface area contributed by atoms with Gasteiger partial charge in [0, 0.05) is 6.42 Å². The zero-order chi connectivity index (χ0) is 46.3. The molecule has 2 atom stereocenters. The summed E-state index contributed by atoms with van der Waals surface area (Å²) in [4.78, 5) is 12.5. The molecule has 0 aliphatic rings. The highest BCUT2D eigenvalue weighted by atomic mass is 16.3. The number of carbonyl (C=O) groups excluding carboxylic acids is 1. The largest absolute Gasteiger partial charge is 0.394 e. The van der Waals surface area contributed by atoms with Crippen molar-refractivity contribution in [2.24, 2.45) is 0 Å². The van der Waals surface area contributed by atoms with Crippen molar-refractivity contribution in [3.63, 3.8) is 0 Å². The Hall–Kier alpha value is -2.95. The van der Waals surface area contributed by atoms with Gasteiger partial charge in [-0.25, -0.2) is 0 Å². The van der Waals surface area contributed by atoms with Crippen LogP contribution in [0.2, 0.25) is 0 Å². The minimum Gasteiger partial charge on any atom is -0.394 e. The normalized spacial score (nSPS) is 13.8. The highest BCUT2D eigenvalue weighted by Gasteiger charge is 2.20. The molecule has 0 aromatic carbocycles. The van der Waals surface area contributed by atoms with Crippen molar-refractivity contribution in [2.75, 3.05) is 6.61 Å². The molecule has 0 saturated heterocycles. The fourth-order valence-corrected chi connectivity index (χ4v) is 7.71. The van der Waals surface area contributed by atoms with Crippen LogP contribution in [0.25, 0.3) is 0 Å². The van der Waals surface area contributed by atoms with Gasteiger partial charge in [0.25, 0.3) is 0 Å². The van der Waals surface area contributed by atoms with Crippen LogP contribution in [0, 0.1) is 0 Å². The third kappa shape index (κ3) is 50.1. The zero-order valence-electron chi connectivity index (χ0n) is 42.0. The van der Waals surface area contributed by atoms with Crippen molar-refractivity contribution >= 4 is 5.91 Å². The quantitative estimate of drug-likeness (QED) is 0.0421. The third-order valence-corrected chi connectivity index (χ3v) is 11.8. The fraction of sp³-hybridized carbons (Fsp3) is 0.683. The lowest BCUT2D eigenvalue weighted by Crippen LogP contribution is -2.45. The molecule has 64 heavy (non-hydrogen) atoms. The molecule has 0 aliphatic carbocycles. The van der Waals surface area contributed by atoms with Gasteiger partial charge < -0.3 is 15.5 Å². The van der Waals surface area contributed by atoms with Gasteiger partial charge in [-0.2, -0.15) is 0 Å². The van der Waals surface area contributed by atoms with E-state index in [1.54, 1.807) is 0 Å². The van der Waals surface area contributed by atoms with Crippen LogP contribution < -0.4 is 5.32 Å². The van der Waals surface area contributed by atoms with Crippen molar-refractivity contribution in [3.05, 3.63) is 109 Å². The van der Waals surface area contributed by atoms with Gasteiger partial charge in [-0.3, -0.25) is 4.79 Å². The number of amides is 1. The lowest BCUT2D eigenvalue weighted by molar-refractivity contribution is -0.123. The monoisotopic (exact) mass is 886 g/mol. The van der Waals surface area contributed by atoms with Gasteiger partial charge in [0.2, 0.25) is 5.91 Å². The van der Waals surface area contributed by atoms with Gasteiger partial charge in [0.05, 0.1) is 18.8 Å². The van der Waals surface area contributed by atoms with Crippen LogP contribution in [-0.2, 0) is 4.79 Å². The van der Waals surface area contributed by atoms with Crippen molar-refractivity contribution in [3.8, 4) is 0 Å². The summed E-state index contributed by atoms with van der Waals surface area (Å²) in [7, 11) is 0. The molecule has 1 amide bonds. The summed E-state index contributed by atoms with van der Waals surface area (Å²) in [5.74, 6) is -0.0415. The Morgan fingerprint density at radius 3 is 1.03 bits per heavy atom. The maximum atomic E-state index is 12.5. The van der Waals surface area contributed by atoms with Crippen LogP contribution in [0.5, 0.6) is 0 Å². The topological polar surface area (TPSA) is 69.6 Å². The molecule has 0 spiro atoms. The first-order valence-electron chi connectivity index (χ1n) is 27.1. The van der Waals surface area contributed by atoms with E-state index in [-0.39, 0.29) is 12.5 Å². The van der Waals surface area contributed by atoms with Gasteiger partial charge in [-0.15, -0.1) is 0 Å². The molecule has 0 aliphatic heterocycles. The number of hydrogen-bond acceptors (Lipinski definition) is 3. The van der Waals surface area contributed by atoms with Crippen molar-refractivity contribution in [1.29, 1.82) is 0 Å². The number of aliphatic hydroxyl groups excluding tert-OH is 2. The third-order valence-electron chi connectivity index (χ3n) is 11.8. The molecule has 0 saturated carbocycles. The SMILES string of the molecule is CC/C=C\C/C=C\C/C=C\C/C=C\C/C=C\C/C=C\C/C=C\C/C=C\C/C=C\CCCCCCCCCCCC(=O)NC(CO)C(O)CCCCCCCCCCCCCCCCC. The van der Waals surface area contributed by atoms with Gasteiger partial charge in [0.15, 0.2) is 0 Å². The number of allylic oxidation sites excluding steroid dienone is 18. The predicted molar refractivity (Wildman–Crippen MR) is 285 cm³/mol. The fourth-order valence-electron chi connectivity index (χ4n) is 7.71. The zero-order valence-corrected chi connectivity index (χ0v) is 42.0. The number of hydrogen-bond donors (Lipinski definition) is 3. The lowest BCUT2D eigenvalue weighted by Gasteiger charge is -2.22. The van der Waals surface area contributed by atoms with E-state index in [1.807, 2.05) is 0 Å². The summed E-state index contributed by atoms with van der Waals surface area (Å²) in [5.41, 5.74) is 0. The van der Waals surface area contributed by atoms with E-state index in [4.69, 9.17) is 0 Å². The van der Waals surface area contributed by atoms with Gasteiger partial charge >= 0.3 is 0 Å². The minimum atomic E-state index is -0.668. The molecular weight excluding hydrogens is 783 g/mol. The van der Waals surface area contributed by atoms with Crippen LogP contribution in [0.3, 0.4) is 0 Å². The molecule has 2 unspecified atom stereocenters. The summed E-state index contributed by atoms with van der Waals surface area (Å²) in [5, 5.41) is 23.3. The molecule has 0 heterocycles. The first kappa shape index (κ1) is 61.0. The number of rotatable bonds is 48.